The van der Waals surface area contributed by atoms with Crippen LogP contribution in [0.4, 0.5) is 5.69 Å². The number of nitrogens with one attached hydrogen (secondary N) is 1. The molecule has 0 bridgehead atoms. The van der Waals surface area contributed by atoms with Crippen LogP contribution in [0.1, 0.15) is 19.0 Å². The van der Waals surface area contributed by atoms with Gasteiger partial charge >= 0.3 is 0 Å². The zero-order chi connectivity index (χ0) is 13.7. The zero-order valence-electron chi connectivity index (χ0n) is 11.3. The van der Waals surface area contributed by atoms with Crippen LogP contribution >= 0.6 is 0 Å². The molecule has 1 aromatic rings. The number of hydrogen-bond acceptors (Lipinski definition) is 5. The van der Waals surface area contributed by atoms with E-state index in [2.05, 4.69) is 22.1 Å². The average Bonchev–Trinajstić information content (AvgIpc) is 2.39. The molecule has 5 nitrogen and oxygen atoms in total. The van der Waals surface area contributed by atoms with Gasteiger partial charge in [-0.05, 0) is 25.1 Å². The van der Waals surface area contributed by atoms with E-state index in [1.165, 1.54) is 0 Å². The highest BCUT2D eigenvalue weighted by atomic mass is 32.2. The minimum absolute atomic E-state index is 0.249. The van der Waals surface area contributed by atoms with Gasteiger partial charge in [0.1, 0.15) is 0 Å². The van der Waals surface area contributed by atoms with Gasteiger partial charge in [0.25, 0.3) is 0 Å². The number of pyridine rings is 1. The number of aromatic nitrogens is 1. The monoisotopic (exact) mass is 283 g/mol. The standard InChI is InChI=1S/C13H21N3O2S/c1-2-4-14-11-12-10-13(3-5-15-12)16-6-8-19(17,18)9-7-16/h3,5,10,14H,2,4,6-9,11H2,1H3. The van der Waals surface area contributed by atoms with Crippen LogP contribution in [0.2, 0.25) is 0 Å². The van der Waals surface area contributed by atoms with Gasteiger partial charge < -0.3 is 10.2 Å². The van der Waals surface area contributed by atoms with Gasteiger partial charge in [0.2, 0.25) is 0 Å². The van der Waals surface area contributed by atoms with Crippen LogP contribution in [0.25, 0.3) is 0 Å². The maximum atomic E-state index is 11.4. The van der Waals surface area contributed by atoms with Crippen LogP contribution in [0.3, 0.4) is 0 Å². The number of nitrogens with zero attached hydrogens (tertiary/aromatic N) is 2. The first-order valence-electron chi connectivity index (χ1n) is 6.72. The first-order chi connectivity index (χ1) is 9.11. The quantitative estimate of drug-likeness (QED) is 0.811. The third-order valence-electron chi connectivity index (χ3n) is 3.24. The second-order valence-corrected chi connectivity index (χ2v) is 7.12. The van der Waals surface area contributed by atoms with E-state index in [-0.39, 0.29) is 11.5 Å². The molecule has 1 N–H and O–H groups in total. The average molecular weight is 283 g/mol. The molecule has 1 fully saturated rings. The Kier molecular flexibility index (Phi) is 4.76. The molecule has 0 aromatic carbocycles. The summed E-state index contributed by atoms with van der Waals surface area (Å²) in [6, 6.07) is 3.99. The summed E-state index contributed by atoms with van der Waals surface area (Å²) in [4.78, 5) is 6.44. The van der Waals surface area contributed by atoms with Crippen LogP contribution in [0, 0.1) is 0 Å². The first-order valence-corrected chi connectivity index (χ1v) is 8.54. The van der Waals surface area contributed by atoms with Crippen LogP contribution in [-0.2, 0) is 16.4 Å². The van der Waals surface area contributed by atoms with Crippen LogP contribution in [0.5, 0.6) is 0 Å². The molecule has 1 aliphatic heterocycles. The predicted octanol–water partition coefficient (Wildman–Crippen LogP) is 0.816. The fraction of sp³-hybridized carbons (Fsp3) is 0.615. The molecule has 6 heteroatoms. The van der Waals surface area contributed by atoms with E-state index in [0.29, 0.717) is 13.1 Å². The molecule has 1 aromatic heterocycles. The highest BCUT2D eigenvalue weighted by Gasteiger charge is 2.21. The van der Waals surface area contributed by atoms with E-state index in [1.807, 2.05) is 12.1 Å². The molecule has 19 heavy (non-hydrogen) atoms. The molecule has 2 heterocycles. The van der Waals surface area contributed by atoms with Crippen molar-refractivity contribution in [1.29, 1.82) is 0 Å². The van der Waals surface area contributed by atoms with Gasteiger partial charge in [-0.3, -0.25) is 4.98 Å². The lowest BCUT2D eigenvalue weighted by Crippen LogP contribution is -2.40. The first kappa shape index (κ1) is 14.3. The minimum Gasteiger partial charge on any atom is -0.369 e. The van der Waals surface area contributed by atoms with E-state index < -0.39 is 9.84 Å². The van der Waals surface area contributed by atoms with Crippen molar-refractivity contribution < 1.29 is 8.42 Å². The smallest absolute Gasteiger partial charge is 0.153 e. The van der Waals surface area contributed by atoms with Gasteiger partial charge in [-0.2, -0.15) is 0 Å². The predicted molar refractivity (Wildman–Crippen MR) is 77.1 cm³/mol. The lowest BCUT2D eigenvalue weighted by molar-refractivity contribution is 0.586. The van der Waals surface area contributed by atoms with Crippen molar-refractivity contribution in [3.63, 3.8) is 0 Å². The summed E-state index contributed by atoms with van der Waals surface area (Å²) in [7, 11) is -2.82. The second kappa shape index (κ2) is 6.34. The van der Waals surface area contributed by atoms with Crippen molar-refractivity contribution in [1.82, 2.24) is 10.3 Å². The van der Waals surface area contributed by atoms with Gasteiger partial charge in [-0.25, -0.2) is 8.42 Å². The van der Waals surface area contributed by atoms with E-state index in [9.17, 15) is 8.42 Å². The number of rotatable bonds is 5. The number of sulfone groups is 1. The Morgan fingerprint density at radius 1 is 1.37 bits per heavy atom. The van der Waals surface area contributed by atoms with Crippen molar-refractivity contribution in [3.05, 3.63) is 24.0 Å². The Morgan fingerprint density at radius 3 is 2.79 bits per heavy atom. The highest BCUT2D eigenvalue weighted by molar-refractivity contribution is 7.91. The summed E-state index contributed by atoms with van der Waals surface area (Å²) in [5, 5.41) is 3.32. The van der Waals surface area contributed by atoms with Crippen LogP contribution in [-0.4, -0.2) is 44.5 Å². The molecule has 0 unspecified atom stereocenters. The summed E-state index contributed by atoms with van der Waals surface area (Å²) in [6.45, 7) is 5.02. The molecule has 0 radical (unpaired) electrons. The molecular weight excluding hydrogens is 262 g/mol. The van der Waals surface area contributed by atoms with Gasteiger partial charge in [-0.15, -0.1) is 0 Å². The summed E-state index contributed by atoms with van der Waals surface area (Å²) < 4.78 is 22.8. The van der Waals surface area contributed by atoms with Crippen molar-refractivity contribution >= 4 is 15.5 Å². The summed E-state index contributed by atoms with van der Waals surface area (Å²) in [5.41, 5.74) is 2.07. The molecule has 0 aliphatic carbocycles. The highest BCUT2D eigenvalue weighted by Crippen LogP contribution is 2.17. The Balaban J connectivity index is 1.99. The Labute approximate surface area is 114 Å². The van der Waals surface area contributed by atoms with Gasteiger partial charge in [0.05, 0.1) is 17.2 Å². The molecule has 0 spiro atoms. The fourth-order valence-corrected chi connectivity index (χ4v) is 3.32. The van der Waals surface area contributed by atoms with Crippen LogP contribution < -0.4 is 10.2 Å². The zero-order valence-corrected chi connectivity index (χ0v) is 12.1. The maximum absolute atomic E-state index is 11.4. The van der Waals surface area contributed by atoms with E-state index in [0.717, 1.165) is 30.9 Å². The molecule has 1 saturated heterocycles. The van der Waals surface area contributed by atoms with Gasteiger partial charge in [0.15, 0.2) is 9.84 Å². The molecule has 106 valence electrons. The minimum atomic E-state index is -2.82. The molecule has 0 atom stereocenters. The molecule has 1 aliphatic rings. The summed E-state index contributed by atoms with van der Waals surface area (Å²) in [5.74, 6) is 0.498. The summed E-state index contributed by atoms with van der Waals surface area (Å²) >= 11 is 0. The third-order valence-corrected chi connectivity index (χ3v) is 4.85. The Bertz CT molecular complexity index is 502. The number of anilines is 1. The lowest BCUT2D eigenvalue weighted by atomic mass is 10.2. The normalized spacial score (nSPS) is 18.5. The van der Waals surface area contributed by atoms with E-state index >= 15 is 0 Å². The van der Waals surface area contributed by atoms with Crippen molar-refractivity contribution in [2.45, 2.75) is 19.9 Å². The van der Waals surface area contributed by atoms with Gasteiger partial charge in [0, 0.05) is 31.5 Å². The molecule has 0 amide bonds. The third kappa shape index (κ3) is 4.18. The van der Waals surface area contributed by atoms with Crippen molar-refractivity contribution in [2.24, 2.45) is 0 Å². The maximum Gasteiger partial charge on any atom is 0.153 e. The van der Waals surface area contributed by atoms with Gasteiger partial charge in [-0.1, -0.05) is 6.92 Å². The Hall–Kier alpha value is -1.14. The van der Waals surface area contributed by atoms with Crippen molar-refractivity contribution in [3.8, 4) is 0 Å². The molecule has 2 rings (SSSR count). The van der Waals surface area contributed by atoms with Crippen LogP contribution in [0.15, 0.2) is 18.3 Å². The van der Waals surface area contributed by atoms with E-state index in [1.54, 1.807) is 6.20 Å². The summed E-state index contributed by atoms with van der Waals surface area (Å²) in [6.07, 6.45) is 2.89. The second-order valence-electron chi connectivity index (χ2n) is 4.82. The number of hydrogen-bond donors (Lipinski definition) is 1. The Morgan fingerprint density at radius 2 is 2.11 bits per heavy atom. The topological polar surface area (TPSA) is 62.3 Å². The fourth-order valence-electron chi connectivity index (χ4n) is 2.12. The van der Waals surface area contributed by atoms with E-state index in [4.69, 9.17) is 0 Å². The largest absolute Gasteiger partial charge is 0.369 e. The lowest BCUT2D eigenvalue weighted by Gasteiger charge is -2.28. The molecular formula is C13H21N3O2S. The SMILES string of the molecule is CCCNCc1cc(N2CCS(=O)(=O)CC2)ccn1. The van der Waals surface area contributed by atoms with Crippen molar-refractivity contribution in [2.75, 3.05) is 36.0 Å². The molecule has 0 saturated carbocycles.